The maximum atomic E-state index is 11.6. The van der Waals surface area contributed by atoms with Crippen molar-refractivity contribution in [2.75, 3.05) is 6.54 Å². The number of carbonyl (C=O) groups is 1. The van der Waals surface area contributed by atoms with Crippen molar-refractivity contribution >= 4 is 34.1 Å². The third kappa shape index (κ3) is 1.86. The highest BCUT2D eigenvalue weighted by atomic mass is 32.1. The maximum Gasteiger partial charge on any atom is 0.248 e. The molecule has 3 rings (SSSR count). The van der Waals surface area contributed by atoms with E-state index in [4.69, 9.17) is 12.2 Å². The molecule has 4 nitrogen and oxygen atoms in total. The Hall–Kier alpha value is -1.88. The van der Waals surface area contributed by atoms with Gasteiger partial charge in [-0.1, -0.05) is 6.07 Å². The topological polar surface area (TPSA) is 48.1 Å². The van der Waals surface area contributed by atoms with Crippen LogP contribution in [0.25, 0.3) is 10.9 Å². The summed E-state index contributed by atoms with van der Waals surface area (Å²) in [7, 11) is 0. The van der Waals surface area contributed by atoms with E-state index in [9.17, 15) is 4.79 Å². The normalized spacial score (nSPS) is 15.5. The molecule has 18 heavy (non-hydrogen) atoms. The molecule has 5 heteroatoms. The Morgan fingerprint density at radius 2 is 2.22 bits per heavy atom. The van der Waals surface area contributed by atoms with E-state index < -0.39 is 0 Å². The maximum absolute atomic E-state index is 11.6. The van der Waals surface area contributed by atoms with Crippen LogP contribution in [-0.4, -0.2) is 27.4 Å². The summed E-state index contributed by atoms with van der Waals surface area (Å²) < 4.78 is 0. The standard InChI is InChI=1S/C13H13N3OS/c1-8-4-10-5-9(2-3-11(10)15-8)7-16-12(17)6-14-13(16)18/h2-5,15H,6-7H2,1H3,(H,14,18). The smallest absolute Gasteiger partial charge is 0.248 e. The van der Waals surface area contributed by atoms with Crippen molar-refractivity contribution in [3.63, 3.8) is 0 Å². The Bertz CT molecular complexity index is 631. The van der Waals surface area contributed by atoms with E-state index >= 15 is 0 Å². The highest BCUT2D eigenvalue weighted by molar-refractivity contribution is 7.80. The van der Waals surface area contributed by atoms with Crippen LogP contribution in [-0.2, 0) is 11.3 Å². The minimum Gasteiger partial charge on any atom is -0.359 e. The van der Waals surface area contributed by atoms with Gasteiger partial charge in [0, 0.05) is 11.2 Å². The van der Waals surface area contributed by atoms with E-state index in [1.807, 2.05) is 19.1 Å². The first-order valence-corrected chi connectivity index (χ1v) is 6.21. The fourth-order valence-corrected chi connectivity index (χ4v) is 2.46. The monoisotopic (exact) mass is 259 g/mol. The molecule has 0 bridgehead atoms. The van der Waals surface area contributed by atoms with Crippen LogP contribution in [0, 0.1) is 6.92 Å². The van der Waals surface area contributed by atoms with Gasteiger partial charge < -0.3 is 10.3 Å². The number of carbonyl (C=O) groups excluding carboxylic acids is 1. The molecule has 2 aromatic rings. The number of H-pyrrole nitrogens is 1. The molecule has 0 atom stereocenters. The molecule has 1 aromatic carbocycles. The van der Waals surface area contributed by atoms with Crippen LogP contribution in [0.3, 0.4) is 0 Å². The number of hydrogen-bond acceptors (Lipinski definition) is 2. The fraction of sp³-hybridized carbons (Fsp3) is 0.231. The molecule has 1 aliphatic rings. The highest BCUT2D eigenvalue weighted by Gasteiger charge is 2.24. The van der Waals surface area contributed by atoms with Crippen molar-refractivity contribution in [2.24, 2.45) is 0 Å². The quantitative estimate of drug-likeness (QED) is 0.807. The lowest BCUT2D eigenvalue weighted by Crippen LogP contribution is -2.30. The van der Waals surface area contributed by atoms with Gasteiger partial charge in [-0.15, -0.1) is 0 Å². The largest absolute Gasteiger partial charge is 0.359 e. The predicted octanol–water partition coefficient (Wildman–Crippen LogP) is 1.69. The number of aryl methyl sites for hydroxylation is 1. The minimum absolute atomic E-state index is 0.0327. The summed E-state index contributed by atoms with van der Waals surface area (Å²) >= 11 is 5.10. The van der Waals surface area contributed by atoms with E-state index in [0.717, 1.165) is 22.2 Å². The number of amides is 1. The number of thiocarbonyl (C=S) groups is 1. The number of hydrogen-bond donors (Lipinski definition) is 2. The second kappa shape index (κ2) is 4.10. The van der Waals surface area contributed by atoms with Crippen LogP contribution >= 0.6 is 12.2 Å². The lowest BCUT2D eigenvalue weighted by molar-refractivity contribution is -0.124. The van der Waals surface area contributed by atoms with E-state index in [1.54, 1.807) is 4.90 Å². The lowest BCUT2D eigenvalue weighted by atomic mass is 10.1. The van der Waals surface area contributed by atoms with Gasteiger partial charge in [-0.2, -0.15) is 0 Å². The first-order valence-electron chi connectivity index (χ1n) is 5.80. The van der Waals surface area contributed by atoms with Crippen molar-refractivity contribution < 1.29 is 4.79 Å². The van der Waals surface area contributed by atoms with Gasteiger partial charge in [-0.3, -0.25) is 9.69 Å². The number of aromatic amines is 1. The Kier molecular flexibility index (Phi) is 2.56. The molecule has 1 aliphatic heterocycles. The van der Waals surface area contributed by atoms with E-state index in [0.29, 0.717) is 18.2 Å². The minimum atomic E-state index is 0.0327. The SMILES string of the molecule is Cc1cc2cc(CN3C(=O)CNC3=S)ccc2[nH]1. The molecule has 1 amide bonds. The number of aromatic nitrogens is 1. The fourth-order valence-electron chi connectivity index (χ4n) is 2.22. The number of benzene rings is 1. The molecule has 0 spiro atoms. The first-order chi connectivity index (χ1) is 8.63. The van der Waals surface area contributed by atoms with Crippen molar-refractivity contribution in [3.8, 4) is 0 Å². The lowest BCUT2D eigenvalue weighted by Gasteiger charge is -2.14. The number of rotatable bonds is 2. The van der Waals surface area contributed by atoms with E-state index in [-0.39, 0.29) is 5.91 Å². The van der Waals surface area contributed by atoms with Gasteiger partial charge in [-0.05, 0) is 48.3 Å². The van der Waals surface area contributed by atoms with Crippen molar-refractivity contribution in [1.29, 1.82) is 0 Å². The Morgan fingerprint density at radius 1 is 1.39 bits per heavy atom. The van der Waals surface area contributed by atoms with Gasteiger partial charge >= 0.3 is 0 Å². The average molecular weight is 259 g/mol. The zero-order valence-electron chi connectivity index (χ0n) is 9.99. The molecule has 1 saturated heterocycles. The van der Waals surface area contributed by atoms with Crippen molar-refractivity contribution in [1.82, 2.24) is 15.2 Å². The van der Waals surface area contributed by atoms with Crippen LogP contribution < -0.4 is 5.32 Å². The van der Waals surface area contributed by atoms with Gasteiger partial charge in [0.2, 0.25) is 5.91 Å². The molecule has 0 saturated carbocycles. The molecular weight excluding hydrogens is 246 g/mol. The molecule has 1 fully saturated rings. The summed E-state index contributed by atoms with van der Waals surface area (Å²) in [6, 6.07) is 8.25. The zero-order chi connectivity index (χ0) is 12.7. The number of fused-ring (bicyclic) bond motifs is 1. The second-order valence-electron chi connectivity index (χ2n) is 4.51. The number of nitrogens with one attached hydrogen (secondary N) is 2. The van der Waals surface area contributed by atoms with Crippen molar-refractivity contribution in [2.45, 2.75) is 13.5 Å². The predicted molar refractivity (Wildman–Crippen MR) is 74.2 cm³/mol. The van der Waals surface area contributed by atoms with Gasteiger partial charge in [0.15, 0.2) is 5.11 Å². The van der Waals surface area contributed by atoms with Crippen LogP contribution in [0.15, 0.2) is 24.3 Å². The van der Waals surface area contributed by atoms with Crippen LogP contribution in [0.1, 0.15) is 11.3 Å². The van der Waals surface area contributed by atoms with Gasteiger partial charge in [0.05, 0.1) is 13.1 Å². The van der Waals surface area contributed by atoms with Crippen molar-refractivity contribution in [3.05, 3.63) is 35.5 Å². The third-order valence-electron chi connectivity index (χ3n) is 3.10. The molecule has 2 heterocycles. The molecule has 2 N–H and O–H groups in total. The number of nitrogens with zero attached hydrogens (tertiary/aromatic N) is 1. The molecular formula is C13H13N3OS. The molecule has 0 aliphatic carbocycles. The molecule has 0 radical (unpaired) electrons. The highest BCUT2D eigenvalue weighted by Crippen LogP contribution is 2.18. The Labute approximate surface area is 110 Å². The van der Waals surface area contributed by atoms with Gasteiger partial charge in [-0.25, -0.2) is 0 Å². The van der Waals surface area contributed by atoms with E-state index in [2.05, 4.69) is 22.4 Å². The molecule has 92 valence electrons. The summed E-state index contributed by atoms with van der Waals surface area (Å²) in [5.74, 6) is 0.0327. The summed E-state index contributed by atoms with van der Waals surface area (Å²) in [5.41, 5.74) is 3.34. The first kappa shape index (κ1) is 11.2. The average Bonchev–Trinajstić information content (AvgIpc) is 2.84. The summed E-state index contributed by atoms with van der Waals surface area (Å²) in [4.78, 5) is 16.5. The van der Waals surface area contributed by atoms with Crippen LogP contribution in [0.5, 0.6) is 0 Å². The zero-order valence-corrected chi connectivity index (χ0v) is 10.8. The molecule has 0 unspecified atom stereocenters. The Balaban J connectivity index is 1.90. The Morgan fingerprint density at radius 3 is 2.94 bits per heavy atom. The van der Waals surface area contributed by atoms with E-state index in [1.165, 1.54) is 0 Å². The second-order valence-corrected chi connectivity index (χ2v) is 4.90. The van der Waals surface area contributed by atoms with Crippen LogP contribution in [0.2, 0.25) is 0 Å². The summed E-state index contributed by atoms with van der Waals surface area (Å²) in [5, 5.41) is 4.56. The van der Waals surface area contributed by atoms with Gasteiger partial charge in [0.1, 0.15) is 0 Å². The van der Waals surface area contributed by atoms with Gasteiger partial charge in [0.25, 0.3) is 0 Å². The molecule has 1 aromatic heterocycles. The summed E-state index contributed by atoms with van der Waals surface area (Å²) in [6.45, 7) is 2.87. The third-order valence-corrected chi connectivity index (χ3v) is 3.46. The van der Waals surface area contributed by atoms with Crippen LogP contribution in [0.4, 0.5) is 0 Å². The summed E-state index contributed by atoms with van der Waals surface area (Å²) in [6.07, 6.45) is 0.